The summed E-state index contributed by atoms with van der Waals surface area (Å²) in [4.78, 5) is 13.7. The largest absolute Gasteiger partial charge is 0.465 e. The molecule has 0 radical (unpaired) electrons. The van der Waals surface area contributed by atoms with Gasteiger partial charge in [-0.05, 0) is 32.7 Å². The van der Waals surface area contributed by atoms with Crippen LogP contribution in [0.3, 0.4) is 0 Å². The lowest BCUT2D eigenvalue weighted by molar-refractivity contribution is -0.148. The Hall–Kier alpha value is -0.570. The summed E-state index contributed by atoms with van der Waals surface area (Å²) in [5.74, 6) is 0.691. The lowest BCUT2D eigenvalue weighted by atomic mass is 10.1. The molecule has 1 saturated heterocycles. The maximum absolute atomic E-state index is 11.5. The number of hydrogen-bond acceptors (Lipinski definition) is 3. The van der Waals surface area contributed by atoms with Crippen LogP contribution in [0.15, 0.2) is 0 Å². The van der Waals surface area contributed by atoms with Crippen molar-refractivity contribution in [2.45, 2.75) is 39.7 Å². The minimum absolute atomic E-state index is 0.0634. The van der Waals surface area contributed by atoms with Gasteiger partial charge >= 0.3 is 5.97 Å². The molecule has 1 aliphatic heterocycles. The van der Waals surface area contributed by atoms with Crippen molar-refractivity contribution in [2.75, 3.05) is 19.7 Å². The minimum Gasteiger partial charge on any atom is -0.465 e. The Kier molecular flexibility index (Phi) is 4.39. The Balaban J connectivity index is 2.38. The highest BCUT2D eigenvalue weighted by atomic mass is 16.5. The fourth-order valence-electron chi connectivity index (χ4n) is 1.96. The highest BCUT2D eigenvalue weighted by molar-refractivity contribution is 5.75. The summed E-state index contributed by atoms with van der Waals surface area (Å²) in [5.41, 5.74) is 0. The zero-order valence-corrected chi connectivity index (χ0v) is 9.45. The van der Waals surface area contributed by atoms with Crippen molar-refractivity contribution in [3.63, 3.8) is 0 Å². The van der Waals surface area contributed by atoms with E-state index in [1.165, 1.54) is 12.8 Å². The zero-order valence-electron chi connectivity index (χ0n) is 9.45. The number of likely N-dealkylation sites (tertiary alicyclic amines) is 1. The molecule has 2 unspecified atom stereocenters. The summed E-state index contributed by atoms with van der Waals surface area (Å²) in [6.45, 7) is 8.58. The molecule has 0 bridgehead atoms. The van der Waals surface area contributed by atoms with E-state index < -0.39 is 0 Å². The number of esters is 1. The molecule has 2 atom stereocenters. The molecule has 82 valence electrons. The molecule has 1 rings (SSSR count). The van der Waals surface area contributed by atoms with Gasteiger partial charge in [0.05, 0.1) is 6.61 Å². The maximum Gasteiger partial charge on any atom is 0.323 e. The van der Waals surface area contributed by atoms with Gasteiger partial charge in [0.15, 0.2) is 0 Å². The summed E-state index contributed by atoms with van der Waals surface area (Å²) in [6.07, 6.45) is 2.44. The van der Waals surface area contributed by atoms with E-state index in [-0.39, 0.29) is 12.0 Å². The highest BCUT2D eigenvalue weighted by Crippen LogP contribution is 2.21. The highest BCUT2D eigenvalue weighted by Gasteiger charge is 2.29. The average Bonchev–Trinajstić information content (AvgIpc) is 2.65. The van der Waals surface area contributed by atoms with E-state index in [1.54, 1.807) is 0 Å². The molecule has 0 saturated carbocycles. The van der Waals surface area contributed by atoms with Crippen molar-refractivity contribution in [1.29, 1.82) is 0 Å². The van der Waals surface area contributed by atoms with E-state index in [2.05, 4.69) is 11.8 Å². The Morgan fingerprint density at radius 2 is 2.29 bits per heavy atom. The Bertz CT molecular complexity index is 194. The van der Waals surface area contributed by atoms with Gasteiger partial charge in [-0.3, -0.25) is 9.69 Å². The number of carbonyl (C=O) groups is 1. The predicted molar refractivity (Wildman–Crippen MR) is 56.1 cm³/mol. The second-order valence-corrected chi connectivity index (χ2v) is 3.99. The Morgan fingerprint density at radius 1 is 1.57 bits per heavy atom. The zero-order chi connectivity index (χ0) is 10.6. The second kappa shape index (κ2) is 5.35. The molecule has 3 nitrogen and oxygen atoms in total. The van der Waals surface area contributed by atoms with Gasteiger partial charge in [0.25, 0.3) is 0 Å². The lowest BCUT2D eigenvalue weighted by Gasteiger charge is -2.22. The SMILES string of the molecule is CCOC(=O)C(C)N1CCC(CC)C1. The molecule has 0 aromatic heterocycles. The van der Waals surface area contributed by atoms with Gasteiger partial charge in [0.2, 0.25) is 0 Å². The number of hydrogen-bond donors (Lipinski definition) is 0. The first-order valence-corrected chi connectivity index (χ1v) is 5.59. The molecule has 0 N–H and O–H groups in total. The van der Waals surface area contributed by atoms with Gasteiger partial charge in [-0.15, -0.1) is 0 Å². The molecular formula is C11H21NO2. The molecule has 3 heteroatoms. The van der Waals surface area contributed by atoms with Crippen molar-refractivity contribution in [2.24, 2.45) is 5.92 Å². The van der Waals surface area contributed by atoms with Crippen LogP contribution >= 0.6 is 0 Å². The first-order chi connectivity index (χ1) is 6.69. The van der Waals surface area contributed by atoms with Crippen molar-refractivity contribution in [3.05, 3.63) is 0 Å². The molecule has 1 aliphatic rings. The van der Waals surface area contributed by atoms with E-state index in [0.717, 1.165) is 19.0 Å². The minimum atomic E-state index is -0.0794. The quantitative estimate of drug-likeness (QED) is 0.645. The average molecular weight is 199 g/mol. The van der Waals surface area contributed by atoms with Crippen LogP contribution in [0.1, 0.15) is 33.6 Å². The predicted octanol–water partition coefficient (Wildman–Crippen LogP) is 1.67. The van der Waals surface area contributed by atoms with E-state index >= 15 is 0 Å². The standard InChI is InChI=1S/C11H21NO2/c1-4-10-6-7-12(8-10)9(3)11(13)14-5-2/h9-10H,4-8H2,1-3H3. The summed E-state index contributed by atoms with van der Waals surface area (Å²) in [6, 6.07) is -0.0634. The van der Waals surface area contributed by atoms with Gasteiger partial charge in [-0.25, -0.2) is 0 Å². The fraction of sp³-hybridized carbons (Fsp3) is 0.909. The van der Waals surface area contributed by atoms with Crippen LogP contribution in [0.2, 0.25) is 0 Å². The first kappa shape index (κ1) is 11.5. The number of nitrogens with zero attached hydrogens (tertiary/aromatic N) is 1. The molecule has 0 aromatic rings. The smallest absolute Gasteiger partial charge is 0.323 e. The summed E-state index contributed by atoms with van der Waals surface area (Å²) < 4.78 is 5.00. The molecule has 1 heterocycles. The van der Waals surface area contributed by atoms with E-state index in [9.17, 15) is 4.79 Å². The second-order valence-electron chi connectivity index (χ2n) is 3.99. The van der Waals surface area contributed by atoms with Gasteiger partial charge < -0.3 is 4.74 Å². The van der Waals surface area contributed by atoms with Crippen LogP contribution in [0.4, 0.5) is 0 Å². The first-order valence-electron chi connectivity index (χ1n) is 5.59. The van der Waals surface area contributed by atoms with Crippen LogP contribution in [0.25, 0.3) is 0 Å². The number of carbonyl (C=O) groups excluding carboxylic acids is 1. The lowest BCUT2D eigenvalue weighted by Crippen LogP contribution is -2.38. The van der Waals surface area contributed by atoms with Gasteiger partial charge in [0, 0.05) is 6.54 Å². The molecule has 1 fully saturated rings. The third-order valence-corrected chi connectivity index (χ3v) is 3.07. The van der Waals surface area contributed by atoms with Crippen LogP contribution in [0.5, 0.6) is 0 Å². The monoisotopic (exact) mass is 199 g/mol. The van der Waals surface area contributed by atoms with Gasteiger partial charge in [-0.1, -0.05) is 13.3 Å². The van der Waals surface area contributed by atoms with E-state index in [0.29, 0.717) is 6.61 Å². The third-order valence-electron chi connectivity index (χ3n) is 3.07. The van der Waals surface area contributed by atoms with Crippen molar-refractivity contribution in [3.8, 4) is 0 Å². The Labute approximate surface area is 86.4 Å². The molecular weight excluding hydrogens is 178 g/mol. The topological polar surface area (TPSA) is 29.5 Å². The van der Waals surface area contributed by atoms with Gasteiger partial charge in [-0.2, -0.15) is 0 Å². The summed E-state index contributed by atoms with van der Waals surface area (Å²) in [5, 5.41) is 0. The summed E-state index contributed by atoms with van der Waals surface area (Å²) in [7, 11) is 0. The molecule has 0 amide bonds. The fourth-order valence-corrected chi connectivity index (χ4v) is 1.96. The number of ether oxygens (including phenoxy) is 1. The van der Waals surface area contributed by atoms with Crippen LogP contribution < -0.4 is 0 Å². The molecule has 0 spiro atoms. The van der Waals surface area contributed by atoms with Crippen molar-refractivity contribution < 1.29 is 9.53 Å². The van der Waals surface area contributed by atoms with E-state index in [4.69, 9.17) is 4.74 Å². The van der Waals surface area contributed by atoms with Crippen LogP contribution in [0, 0.1) is 5.92 Å². The van der Waals surface area contributed by atoms with Gasteiger partial charge in [0.1, 0.15) is 6.04 Å². The van der Waals surface area contributed by atoms with E-state index in [1.807, 2.05) is 13.8 Å². The van der Waals surface area contributed by atoms with Crippen LogP contribution in [-0.2, 0) is 9.53 Å². The van der Waals surface area contributed by atoms with Crippen LogP contribution in [-0.4, -0.2) is 36.6 Å². The molecule has 14 heavy (non-hydrogen) atoms. The van der Waals surface area contributed by atoms with Crippen molar-refractivity contribution >= 4 is 5.97 Å². The molecule has 0 aliphatic carbocycles. The third kappa shape index (κ3) is 2.71. The Morgan fingerprint density at radius 3 is 2.79 bits per heavy atom. The summed E-state index contributed by atoms with van der Waals surface area (Å²) >= 11 is 0. The molecule has 0 aromatic carbocycles. The maximum atomic E-state index is 11.5. The van der Waals surface area contributed by atoms with Crippen molar-refractivity contribution in [1.82, 2.24) is 4.90 Å². The number of rotatable bonds is 4. The normalized spacial score (nSPS) is 24.9.